The first-order valence-electron chi connectivity index (χ1n) is 11.1. The third-order valence-electron chi connectivity index (χ3n) is 7.05. The van der Waals surface area contributed by atoms with Gasteiger partial charge in [-0.2, -0.15) is 13.2 Å². The van der Waals surface area contributed by atoms with Crippen molar-refractivity contribution in [2.24, 2.45) is 11.3 Å². The summed E-state index contributed by atoms with van der Waals surface area (Å²) in [4.78, 5) is 27.9. The molecule has 3 saturated heterocycles. The van der Waals surface area contributed by atoms with E-state index in [1.54, 1.807) is 4.90 Å². The first-order valence-corrected chi connectivity index (χ1v) is 11.9. The van der Waals surface area contributed by atoms with Crippen molar-refractivity contribution in [3.05, 3.63) is 29.6 Å². The van der Waals surface area contributed by atoms with Crippen molar-refractivity contribution in [2.45, 2.75) is 48.2 Å². The highest BCUT2D eigenvalue weighted by atomic mass is 32.2. The number of carbonyl (C=O) groups is 2. The van der Waals surface area contributed by atoms with Crippen LogP contribution in [0.3, 0.4) is 0 Å². The molecule has 3 amide bonds. The average molecular weight is 488 g/mol. The number of likely N-dealkylation sites (tertiary alicyclic amines) is 2. The number of ether oxygens (including phenoxy) is 1. The quantitative estimate of drug-likeness (QED) is 0.525. The molecule has 1 saturated carbocycles. The monoisotopic (exact) mass is 487 g/mol. The van der Waals surface area contributed by atoms with Crippen molar-refractivity contribution in [3.8, 4) is 0 Å². The van der Waals surface area contributed by atoms with E-state index in [9.17, 15) is 27.2 Å². The number of amides is 3. The highest BCUT2D eigenvalue weighted by Crippen LogP contribution is 2.53. The Morgan fingerprint density at radius 2 is 1.97 bits per heavy atom. The van der Waals surface area contributed by atoms with Crippen LogP contribution >= 0.6 is 11.8 Å². The lowest BCUT2D eigenvalue weighted by molar-refractivity contribution is -0.140. The van der Waals surface area contributed by atoms with Crippen molar-refractivity contribution in [3.63, 3.8) is 0 Å². The highest BCUT2D eigenvalue weighted by Gasteiger charge is 2.54. The molecule has 4 aliphatic rings. The summed E-state index contributed by atoms with van der Waals surface area (Å²) in [6.45, 7) is 2.43. The molecule has 33 heavy (non-hydrogen) atoms. The molecule has 0 bridgehead atoms. The maximum Gasteiger partial charge on any atom is 0.446 e. The molecular weight excluding hydrogens is 462 g/mol. The molecular formula is C22H25F4N3O3S. The molecule has 4 fully saturated rings. The topological polar surface area (TPSA) is 61.9 Å². The highest BCUT2D eigenvalue weighted by molar-refractivity contribution is 8.00. The smallest absolute Gasteiger partial charge is 0.366 e. The summed E-state index contributed by atoms with van der Waals surface area (Å²) in [6.07, 6.45) is 2.95. The maximum atomic E-state index is 13.8. The summed E-state index contributed by atoms with van der Waals surface area (Å²) in [6, 6.07) is 3.44. The lowest BCUT2D eigenvalue weighted by Gasteiger charge is -2.60. The first-order chi connectivity index (χ1) is 15.6. The predicted molar refractivity (Wildman–Crippen MR) is 112 cm³/mol. The number of carbonyl (C=O) groups excluding carboxylic acids is 2. The van der Waals surface area contributed by atoms with Crippen LogP contribution in [-0.4, -0.2) is 72.2 Å². The number of nitrogens with one attached hydrogen (secondary N) is 1. The third kappa shape index (κ3) is 4.94. The van der Waals surface area contributed by atoms with E-state index in [0.29, 0.717) is 44.6 Å². The van der Waals surface area contributed by atoms with E-state index in [1.807, 2.05) is 4.90 Å². The van der Waals surface area contributed by atoms with Crippen LogP contribution in [0.25, 0.3) is 0 Å². The van der Waals surface area contributed by atoms with Gasteiger partial charge in [0.1, 0.15) is 12.4 Å². The molecule has 1 N–H and O–H groups in total. The largest absolute Gasteiger partial charge is 0.446 e. The summed E-state index contributed by atoms with van der Waals surface area (Å²) >= 11 is -0.299. The van der Waals surface area contributed by atoms with E-state index in [-0.39, 0.29) is 58.7 Å². The molecule has 5 rings (SSSR count). The van der Waals surface area contributed by atoms with Crippen LogP contribution in [0.15, 0.2) is 23.1 Å². The predicted octanol–water partition coefficient (Wildman–Crippen LogP) is 3.40. The molecule has 1 aromatic carbocycles. The van der Waals surface area contributed by atoms with Gasteiger partial charge in [-0.05, 0) is 67.1 Å². The number of halogens is 4. The van der Waals surface area contributed by atoms with Crippen LogP contribution in [0.4, 0.5) is 22.4 Å². The molecule has 0 radical (unpaired) electrons. The molecule has 3 aliphatic heterocycles. The van der Waals surface area contributed by atoms with Gasteiger partial charge in [-0.15, -0.1) is 0 Å². The van der Waals surface area contributed by atoms with Crippen molar-refractivity contribution >= 4 is 23.7 Å². The van der Waals surface area contributed by atoms with E-state index >= 15 is 0 Å². The van der Waals surface area contributed by atoms with E-state index in [0.717, 1.165) is 18.9 Å². The Labute approximate surface area is 193 Å². The van der Waals surface area contributed by atoms with E-state index < -0.39 is 11.3 Å². The number of thioether (sulfide) groups is 1. The molecule has 11 heteroatoms. The number of benzene rings is 1. The van der Waals surface area contributed by atoms with Gasteiger partial charge in [-0.25, -0.2) is 9.18 Å². The number of hydrogen-bond donors (Lipinski definition) is 1. The second kappa shape index (κ2) is 8.33. The van der Waals surface area contributed by atoms with Crippen molar-refractivity contribution < 1.29 is 31.9 Å². The maximum absolute atomic E-state index is 13.8. The molecule has 3 heterocycles. The van der Waals surface area contributed by atoms with Gasteiger partial charge in [0.2, 0.25) is 5.91 Å². The van der Waals surface area contributed by atoms with E-state index in [2.05, 4.69) is 5.32 Å². The van der Waals surface area contributed by atoms with E-state index in [1.165, 1.54) is 12.1 Å². The number of hydrogen-bond acceptors (Lipinski definition) is 4. The zero-order chi connectivity index (χ0) is 23.4. The number of morpholine rings is 1. The van der Waals surface area contributed by atoms with Gasteiger partial charge >= 0.3 is 11.5 Å². The lowest BCUT2D eigenvalue weighted by atomic mass is 9.56. The minimum absolute atomic E-state index is 0.0266. The van der Waals surface area contributed by atoms with Gasteiger partial charge in [0.25, 0.3) is 0 Å². The van der Waals surface area contributed by atoms with Crippen molar-refractivity contribution in [2.75, 3.05) is 32.8 Å². The Kier molecular flexibility index (Phi) is 5.75. The lowest BCUT2D eigenvalue weighted by Crippen LogP contribution is -2.68. The molecule has 1 aliphatic carbocycles. The van der Waals surface area contributed by atoms with Crippen LogP contribution in [0.2, 0.25) is 0 Å². The molecule has 0 unspecified atom stereocenters. The SMILES string of the molecule is O=C1CO[C@H]2CCN(C(=O)N3CC4(CC(Cc5cc(F)cc(SC(F)(F)F)c5)C4)C3)C[C@H]2N1. The number of alkyl halides is 3. The van der Waals surface area contributed by atoms with Crippen molar-refractivity contribution in [1.29, 1.82) is 0 Å². The van der Waals surface area contributed by atoms with E-state index in [4.69, 9.17) is 4.74 Å². The van der Waals surface area contributed by atoms with Gasteiger partial charge in [0.05, 0.1) is 12.1 Å². The Morgan fingerprint density at radius 3 is 2.70 bits per heavy atom. The van der Waals surface area contributed by atoms with Gasteiger partial charge in [-0.1, -0.05) is 0 Å². The summed E-state index contributed by atoms with van der Waals surface area (Å²) in [5.41, 5.74) is -3.80. The fourth-order valence-electron chi connectivity index (χ4n) is 5.80. The Balaban J connectivity index is 1.10. The normalized spacial score (nSPS) is 27.0. The molecule has 0 aromatic heterocycles. The fourth-order valence-corrected chi connectivity index (χ4v) is 6.45. The standard InChI is InChI=1S/C22H25F4N3O3S/c23-15-4-13(5-16(6-15)33-22(24,25)26)3-14-7-21(8-14)11-29(12-21)20(31)28-2-1-18-17(9-28)27-19(30)10-32-18/h4-6,14,17-18H,1-3,7-12H2,(H,27,30)/t17-,18+/m1/s1. The fraction of sp³-hybridized carbons (Fsp3) is 0.636. The van der Waals surface area contributed by atoms with Gasteiger partial charge < -0.3 is 19.9 Å². The number of fused-ring (bicyclic) bond motifs is 1. The molecule has 2 atom stereocenters. The zero-order valence-electron chi connectivity index (χ0n) is 17.9. The Morgan fingerprint density at radius 1 is 1.21 bits per heavy atom. The number of urea groups is 1. The van der Waals surface area contributed by atoms with Crippen LogP contribution in [0, 0.1) is 17.2 Å². The second-order valence-electron chi connectivity index (χ2n) is 9.72. The van der Waals surface area contributed by atoms with Crippen LogP contribution in [0.1, 0.15) is 24.8 Å². The van der Waals surface area contributed by atoms with Crippen LogP contribution < -0.4 is 5.32 Å². The molecule has 180 valence electrons. The van der Waals surface area contributed by atoms with Crippen LogP contribution in [-0.2, 0) is 16.0 Å². The van der Waals surface area contributed by atoms with Gasteiger partial charge in [0.15, 0.2) is 0 Å². The summed E-state index contributed by atoms with van der Waals surface area (Å²) in [5, 5.41) is 2.90. The minimum Gasteiger partial charge on any atom is -0.366 e. The Bertz CT molecular complexity index is 945. The minimum atomic E-state index is -4.45. The summed E-state index contributed by atoms with van der Waals surface area (Å²) < 4.78 is 57.2. The number of piperidine rings is 1. The molecule has 1 spiro atoms. The molecule has 1 aromatic rings. The molecule has 6 nitrogen and oxygen atoms in total. The average Bonchev–Trinajstić information content (AvgIpc) is 2.65. The summed E-state index contributed by atoms with van der Waals surface area (Å²) in [7, 11) is 0. The third-order valence-corrected chi connectivity index (χ3v) is 7.75. The van der Waals surface area contributed by atoms with Crippen molar-refractivity contribution in [1.82, 2.24) is 15.1 Å². The number of nitrogens with zero attached hydrogens (tertiary/aromatic N) is 2. The first kappa shape index (κ1) is 22.8. The summed E-state index contributed by atoms with van der Waals surface area (Å²) in [5.74, 6) is -0.536. The Hall–Kier alpha value is -2.01. The van der Waals surface area contributed by atoms with Crippen LogP contribution in [0.5, 0.6) is 0 Å². The van der Waals surface area contributed by atoms with Gasteiger partial charge in [0, 0.05) is 36.5 Å². The zero-order valence-corrected chi connectivity index (χ0v) is 18.7. The van der Waals surface area contributed by atoms with Gasteiger partial charge in [-0.3, -0.25) is 4.79 Å². The number of rotatable bonds is 3. The second-order valence-corrected chi connectivity index (χ2v) is 10.9.